The minimum Gasteiger partial charge on any atom is -0.492 e. The van der Waals surface area contributed by atoms with E-state index in [4.69, 9.17) is 4.74 Å². The van der Waals surface area contributed by atoms with Crippen LogP contribution in [0.15, 0.2) is 36.7 Å². The highest BCUT2D eigenvalue weighted by Gasteiger charge is 2.18. The zero-order valence-electron chi connectivity index (χ0n) is 12.9. The van der Waals surface area contributed by atoms with Gasteiger partial charge in [0.25, 0.3) is 5.91 Å². The summed E-state index contributed by atoms with van der Waals surface area (Å²) < 4.78 is 7.30. The molecule has 0 saturated carbocycles. The average molecular weight is 315 g/mol. The summed E-state index contributed by atoms with van der Waals surface area (Å²) >= 11 is 0. The van der Waals surface area contributed by atoms with Crippen LogP contribution in [0.4, 0.5) is 0 Å². The second-order valence-corrected chi connectivity index (χ2v) is 5.47. The number of hydrogen-bond acceptors (Lipinski definition) is 5. The zero-order valence-corrected chi connectivity index (χ0v) is 12.9. The quantitative estimate of drug-likeness (QED) is 0.778. The van der Waals surface area contributed by atoms with Crippen molar-refractivity contribution in [3.8, 4) is 5.75 Å². The van der Waals surface area contributed by atoms with Crippen LogP contribution in [0, 0.1) is 0 Å². The molecule has 2 heterocycles. The van der Waals surface area contributed by atoms with E-state index in [1.807, 2.05) is 30.3 Å². The third kappa shape index (κ3) is 4.29. The Kier molecular flexibility index (Phi) is 5.21. The summed E-state index contributed by atoms with van der Waals surface area (Å²) in [5.41, 5.74) is 0. The average Bonchev–Trinajstić information content (AvgIpc) is 3.10. The number of amides is 1. The fourth-order valence-corrected chi connectivity index (χ4v) is 2.54. The molecule has 1 amide bonds. The summed E-state index contributed by atoms with van der Waals surface area (Å²) in [6.45, 7) is 2.73. The lowest BCUT2D eigenvalue weighted by Crippen LogP contribution is -2.32. The Hall–Kier alpha value is -2.41. The van der Waals surface area contributed by atoms with Gasteiger partial charge >= 0.3 is 0 Å². The van der Waals surface area contributed by atoms with Gasteiger partial charge in [-0.05, 0) is 31.5 Å². The van der Waals surface area contributed by atoms with Gasteiger partial charge < -0.3 is 15.4 Å². The fourth-order valence-electron chi connectivity index (χ4n) is 2.54. The number of para-hydroxylation sites is 1. The number of hydrogen-bond donors (Lipinski definition) is 2. The molecule has 3 rings (SSSR count). The largest absolute Gasteiger partial charge is 0.492 e. The third-order valence-corrected chi connectivity index (χ3v) is 3.76. The van der Waals surface area contributed by atoms with Gasteiger partial charge in [0.2, 0.25) is 5.82 Å². The molecule has 0 aliphatic carbocycles. The number of carbonyl (C=O) groups excluding carboxylic acids is 1. The predicted octanol–water partition coefficient (Wildman–Crippen LogP) is 1.01. The molecule has 7 nitrogen and oxygen atoms in total. The number of piperidine rings is 1. The first-order valence-electron chi connectivity index (χ1n) is 7.91. The van der Waals surface area contributed by atoms with Crippen LogP contribution >= 0.6 is 0 Å². The molecule has 2 N–H and O–H groups in total. The van der Waals surface area contributed by atoms with E-state index < -0.39 is 0 Å². The highest BCUT2D eigenvalue weighted by molar-refractivity contribution is 5.90. The molecule has 1 aliphatic rings. The van der Waals surface area contributed by atoms with Gasteiger partial charge in [-0.15, -0.1) is 5.10 Å². The summed E-state index contributed by atoms with van der Waals surface area (Å²) in [6.07, 6.45) is 3.80. The molecule has 1 atom stereocenters. The monoisotopic (exact) mass is 315 g/mol. The maximum atomic E-state index is 12.0. The number of carbonyl (C=O) groups is 1. The topological polar surface area (TPSA) is 81.1 Å². The Morgan fingerprint density at radius 2 is 2.26 bits per heavy atom. The van der Waals surface area contributed by atoms with Crippen LogP contribution in [0.1, 0.15) is 29.5 Å². The lowest BCUT2D eigenvalue weighted by molar-refractivity contribution is 0.0936. The number of rotatable bonds is 6. The van der Waals surface area contributed by atoms with Crippen molar-refractivity contribution in [2.45, 2.75) is 18.9 Å². The van der Waals surface area contributed by atoms with Crippen LogP contribution in [-0.2, 0) is 0 Å². The molecule has 1 fully saturated rings. The van der Waals surface area contributed by atoms with Crippen molar-refractivity contribution in [3.63, 3.8) is 0 Å². The molecule has 122 valence electrons. The number of aromatic nitrogens is 3. The van der Waals surface area contributed by atoms with E-state index in [1.54, 1.807) is 11.0 Å². The molecule has 0 spiro atoms. The van der Waals surface area contributed by atoms with Gasteiger partial charge in [-0.2, -0.15) is 0 Å². The molecule has 7 heteroatoms. The third-order valence-electron chi connectivity index (χ3n) is 3.76. The summed E-state index contributed by atoms with van der Waals surface area (Å²) in [6, 6.07) is 9.78. The minimum atomic E-state index is -0.274. The molecule has 23 heavy (non-hydrogen) atoms. The summed E-state index contributed by atoms with van der Waals surface area (Å²) in [7, 11) is 0. The van der Waals surface area contributed by atoms with E-state index in [1.165, 1.54) is 0 Å². The summed E-state index contributed by atoms with van der Waals surface area (Å²) in [5.74, 6) is 0.716. The van der Waals surface area contributed by atoms with Crippen molar-refractivity contribution in [1.29, 1.82) is 0 Å². The van der Waals surface area contributed by atoms with Crippen molar-refractivity contribution in [3.05, 3.63) is 42.5 Å². The first-order chi connectivity index (χ1) is 11.3. The molecular formula is C16H21N5O2. The van der Waals surface area contributed by atoms with Gasteiger partial charge in [-0.1, -0.05) is 18.2 Å². The van der Waals surface area contributed by atoms with Crippen LogP contribution in [0.25, 0.3) is 0 Å². The van der Waals surface area contributed by atoms with Crippen molar-refractivity contribution < 1.29 is 9.53 Å². The van der Waals surface area contributed by atoms with E-state index >= 15 is 0 Å². The maximum absolute atomic E-state index is 12.0. The summed E-state index contributed by atoms with van der Waals surface area (Å²) in [4.78, 5) is 16.1. The molecule has 0 unspecified atom stereocenters. The van der Waals surface area contributed by atoms with Crippen LogP contribution in [0.2, 0.25) is 0 Å². The highest BCUT2D eigenvalue weighted by atomic mass is 16.5. The second-order valence-electron chi connectivity index (χ2n) is 5.47. The first-order valence-corrected chi connectivity index (χ1v) is 7.91. The number of benzene rings is 1. The van der Waals surface area contributed by atoms with Gasteiger partial charge in [0.1, 0.15) is 18.7 Å². The van der Waals surface area contributed by atoms with Crippen molar-refractivity contribution >= 4 is 5.91 Å². The van der Waals surface area contributed by atoms with E-state index in [9.17, 15) is 4.79 Å². The normalized spacial score (nSPS) is 17.7. The predicted molar refractivity (Wildman–Crippen MR) is 85.4 cm³/mol. The number of nitrogens with zero attached hydrogens (tertiary/aromatic N) is 3. The Bertz CT molecular complexity index is 622. The van der Waals surface area contributed by atoms with Crippen LogP contribution in [0.5, 0.6) is 5.75 Å². The van der Waals surface area contributed by atoms with Gasteiger partial charge in [-0.25, -0.2) is 9.67 Å². The smallest absolute Gasteiger partial charge is 0.291 e. The van der Waals surface area contributed by atoms with Crippen LogP contribution in [0.3, 0.4) is 0 Å². The van der Waals surface area contributed by atoms with Gasteiger partial charge in [0.15, 0.2) is 0 Å². The zero-order chi connectivity index (χ0) is 15.9. The number of ether oxygens (including phenoxy) is 1. The van der Waals surface area contributed by atoms with Crippen molar-refractivity contribution in [1.82, 2.24) is 25.4 Å². The van der Waals surface area contributed by atoms with Crippen LogP contribution < -0.4 is 15.4 Å². The minimum absolute atomic E-state index is 0.204. The Balaban J connectivity index is 1.44. The lowest BCUT2D eigenvalue weighted by Gasteiger charge is -2.22. The molecule has 1 aliphatic heterocycles. The molecule has 1 aromatic heterocycles. The molecule has 2 aromatic rings. The van der Waals surface area contributed by atoms with Gasteiger partial charge in [-0.3, -0.25) is 4.79 Å². The maximum Gasteiger partial charge on any atom is 0.291 e. The molecule has 0 bridgehead atoms. The standard InChI is InChI=1S/C16H21N5O2/c22-16(18-9-10-23-14-6-2-1-3-7-14)15-19-12-21(20-15)13-5-4-8-17-11-13/h1-3,6-7,12-13,17H,4-5,8-11H2,(H,18,22)/t13-/m1/s1. The van der Waals surface area contributed by atoms with Crippen LogP contribution in [-0.4, -0.2) is 46.9 Å². The van der Waals surface area contributed by atoms with Crippen molar-refractivity contribution in [2.24, 2.45) is 0 Å². The molecule has 1 aromatic carbocycles. The Morgan fingerprint density at radius 1 is 1.39 bits per heavy atom. The molecule has 0 radical (unpaired) electrons. The van der Waals surface area contributed by atoms with E-state index in [0.29, 0.717) is 13.2 Å². The second kappa shape index (κ2) is 7.73. The van der Waals surface area contributed by atoms with E-state index in [-0.39, 0.29) is 17.8 Å². The fraction of sp³-hybridized carbons (Fsp3) is 0.438. The highest BCUT2D eigenvalue weighted by Crippen LogP contribution is 2.14. The lowest BCUT2D eigenvalue weighted by atomic mass is 10.1. The van der Waals surface area contributed by atoms with E-state index in [0.717, 1.165) is 31.7 Å². The summed E-state index contributed by atoms with van der Waals surface area (Å²) in [5, 5.41) is 10.4. The van der Waals surface area contributed by atoms with Crippen molar-refractivity contribution in [2.75, 3.05) is 26.2 Å². The Labute approximate surface area is 135 Å². The SMILES string of the molecule is O=C(NCCOc1ccccc1)c1ncn([C@@H]2CCCNC2)n1. The first kappa shape index (κ1) is 15.5. The number of nitrogens with one attached hydrogen (secondary N) is 2. The molecular weight excluding hydrogens is 294 g/mol. The van der Waals surface area contributed by atoms with Gasteiger partial charge in [0.05, 0.1) is 12.6 Å². The van der Waals surface area contributed by atoms with Gasteiger partial charge in [0, 0.05) is 6.54 Å². The molecule has 1 saturated heterocycles. The van der Waals surface area contributed by atoms with E-state index in [2.05, 4.69) is 20.7 Å². The Morgan fingerprint density at radius 3 is 3.04 bits per heavy atom.